The van der Waals surface area contributed by atoms with Gasteiger partial charge in [-0.3, -0.25) is 0 Å². The third-order valence-corrected chi connectivity index (χ3v) is 11.4. The van der Waals surface area contributed by atoms with Gasteiger partial charge in [-0.2, -0.15) is 0 Å². The quantitative estimate of drug-likeness (QED) is 0.196. The fourth-order valence-corrected chi connectivity index (χ4v) is 8.98. The van der Waals surface area contributed by atoms with Crippen LogP contribution in [0.25, 0.3) is 0 Å². The Morgan fingerprint density at radius 3 is 1.33 bits per heavy atom. The number of hydrogen-bond donors (Lipinski definition) is 1. The molecule has 36 heavy (non-hydrogen) atoms. The standard InChI is InChI=1S/C35H66O/c1-3-5-7-9-11-13-29-15-19-31(20-16-29)32-23-25-34(26-24-32)35(27-28-36)33-21-17-30(18-22-33)14-12-10-8-6-4-2/h29-36H,3-28H2,1-2H3. The molecular formula is C35H66O. The van der Waals surface area contributed by atoms with Gasteiger partial charge in [0.25, 0.3) is 0 Å². The number of hydrogen-bond acceptors (Lipinski definition) is 1. The SMILES string of the molecule is CCCCCCCC1CCC(C2CCC(C(CCO)C3CCC(CCCCCCC)CC3)CC2)CC1. The summed E-state index contributed by atoms with van der Waals surface area (Å²) >= 11 is 0. The highest BCUT2D eigenvalue weighted by molar-refractivity contribution is 4.87. The van der Waals surface area contributed by atoms with Crippen LogP contribution in [-0.4, -0.2) is 11.7 Å². The molecule has 3 fully saturated rings. The molecule has 1 nitrogen and oxygen atoms in total. The lowest BCUT2D eigenvalue weighted by Crippen LogP contribution is -2.33. The molecule has 212 valence electrons. The molecule has 1 unspecified atom stereocenters. The Labute approximate surface area is 227 Å². The topological polar surface area (TPSA) is 20.2 Å². The third kappa shape index (κ3) is 10.6. The van der Waals surface area contributed by atoms with E-state index >= 15 is 0 Å². The molecule has 1 N–H and O–H groups in total. The van der Waals surface area contributed by atoms with Crippen LogP contribution >= 0.6 is 0 Å². The van der Waals surface area contributed by atoms with Crippen molar-refractivity contribution in [2.45, 2.75) is 174 Å². The Kier molecular flexibility index (Phi) is 15.5. The second-order valence-corrected chi connectivity index (χ2v) is 13.8. The van der Waals surface area contributed by atoms with Crippen molar-refractivity contribution >= 4 is 0 Å². The van der Waals surface area contributed by atoms with Gasteiger partial charge in [0.15, 0.2) is 0 Å². The monoisotopic (exact) mass is 503 g/mol. The highest BCUT2D eigenvalue weighted by Gasteiger charge is 2.36. The Bertz CT molecular complexity index is 505. The minimum Gasteiger partial charge on any atom is -0.396 e. The molecule has 3 rings (SSSR count). The fraction of sp³-hybridized carbons (Fsp3) is 1.00. The molecule has 1 heteroatoms. The van der Waals surface area contributed by atoms with Gasteiger partial charge < -0.3 is 5.11 Å². The van der Waals surface area contributed by atoms with E-state index in [1.165, 1.54) is 154 Å². The van der Waals surface area contributed by atoms with Crippen molar-refractivity contribution in [1.82, 2.24) is 0 Å². The van der Waals surface area contributed by atoms with Crippen LogP contribution in [0.15, 0.2) is 0 Å². The van der Waals surface area contributed by atoms with Crippen molar-refractivity contribution < 1.29 is 5.11 Å². The van der Waals surface area contributed by atoms with E-state index in [0.717, 1.165) is 47.8 Å². The summed E-state index contributed by atoms with van der Waals surface area (Å²) in [5, 5.41) is 9.92. The maximum absolute atomic E-state index is 9.92. The fourth-order valence-electron chi connectivity index (χ4n) is 8.98. The summed E-state index contributed by atoms with van der Waals surface area (Å²) in [4.78, 5) is 0. The van der Waals surface area contributed by atoms with E-state index in [4.69, 9.17) is 0 Å². The summed E-state index contributed by atoms with van der Waals surface area (Å²) < 4.78 is 0. The van der Waals surface area contributed by atoms with Crippen LogP contribution in [0.1, 0.15) is 174 Å². The molecule has 0 aliphatic heterocycles. The zero-order valence-electron chi connectivity index (χ0n) is 24.9. The van der Waals surface area contributed by atoms with Gasteiger partial charge in [0.05, 0.1) is 0 Å². The number of unbranched alkanes of at least 4 members (excludes halogenated alkanes) is 8. The molecule has 0 saturated heterocycles. The van der Waals surface area contributed by atoms with E-state index in [1.54, 1.807) is 0 Å². The summed E-state index contributed by atoms with van der Waals surface area (Å²) in [6.07, 6.45) is 36.5. The Morgan fingerprint density at radius 1 is 0.500 bits per heavy atom. The summed E-state index contributed by atoms with van der Waals surface area (Å²) in [5.41, 5.74) is 0. The number of aliphatic hydroxyl groups excluding tert-OH is 1. The predicted octanol–water partition coefficient (Wildman–Crippen LogP) is 11.1. The largest absolute Gasteiger partial charge is 0.396 e. The van der Waals surface area contributed by atoms with Crippen molar-refractivity contribution in [3.8, 4) is 0 Å². The lowest BCUT2D eigenvalue weighted by molar-refractivity contribution is 0.0688. The van der Waals surface area contributed by atoms with Gasteiger partial charge >= 0.3 is 0 Å². The molecule has 3 aliphatic carbocycles. The summed E-state index contributed by atoms with van der Waals surface area (Å²) in [5.74, 6) is 6.81. The van der Waals surface area contributed by atoms with Crippen molar-refractivity contribution in [2.24, 2.45) is 41.4 Å². The van der Waals surface area contributed by atoms with Crippen LogP contribution in [0.2, 0.25) is 0 Å². The van der Waals surface area contributed by atoms with Crippen molar-refractivity contribution in [3.05, 3.63) is 0 Å². The molecule has 1 atom stereocenters. The van der Waals surface area contributed by atoms with Gasteiger partial charge in [0.2, 0.25) is 0 Å². The Morgan fingerprint density at radius 2 is 0.889 bits per heavy atom. The minimum absolute atomic E-state index is 0.421. The number of rotatable bonds is 17. The summed E-state index contributed by atoms with van der Waals surface area (Å²) in [7, 11) is 0. The zero-order valence-corrected chi connectivity index (χ0v) is 24.9. The first kappa shape index (κ1) is 30.5. The molecule has 3 saturated carbocycles. The molecule has 0 amide bonds. The normalized spacial score (nSPS) is 32.4. The van der Waals surface area contributed by atoms with Crippen LogP contribution in [0.3, 0.4) is 0 Å². The first-order chi connectivity index (χ1) is 17.7. The van der Waals surface area contributed by atoms with Crippen molar-refractivity contribution in [3.63, 3.8) is 0 Å². The van der Waals surface area contributed by atoms with Gasteiger partial charge in [-0.1, -0.05) is 117 Å². The Hall–Kier alpha value is -0.0400. The molecule has 3 aliphatic rings. The van der Waals surface area contributed by atoms with Gasteiger partial charge in [-0.15, -0.1) is 0 Å². The van der Waals surface area contributed by atoms with E-state index < -0.39 is 0 Å². The lowest BCUT2D eigenvalue weighted by Gasteiger charge is -2.43. The van der Waals surface area contributed by atoms with E-state index in [0.29, 0.717) is 6.61 Å². The average Bonchev–Trinajstić information content (AvgIpc) is 2.92. The van der Waals surface area contributed by atoms with Gasteiger partial charge in [-0.05, 0) is 99.2 Å². The molecule has 0 aromatic heterocycles. The number of aliphatic hydroxyl groups is 1. The van der Waals surface area contributed by atoms with Crippen LogP contribution in [0.5, 0.6) is 0 Å². The van der Waals surface area contributed by atoms with Gasteiger partial charge in [0, 0.05) is 6.61 Å². The lowest BCUT2D eigenvalue weighted by atomic mass is 9.63. The third-order valence-electron chi connectivity index (χ3n) is 11.4. The van der Waals surface area contributed by atoms with Crippen molar-refractivity contribution in [1.29, 1.82) is 0 Å². The maximum atomic E-state index is 9.92. The first-order valence-corrected chi connectivity index (χ1v) is 17.4. The summed E-state index contributed by atoms with van der Waals surface area (Å²) in [6.45, 7) is 5.06. The van der Waals surface area contributed by atoms with Crippen molar-refractivity contribution in [2.75, 3.05) is 6.61 Å². The van der Waals surface area contributed by atoms with Crippen LogP contribution in [0.4, 0.5) is 0 Å². The minimum atomic E-state index is 0.421. The van der Waals surface area contributed by atoms with Gasteiger partial charge in [-0.25, -0.2) is 0 Å². The molecule has 0 aromatic carbocycles. The molecule has 0 radical (unpaired) electrons. The second-order valence-electron chi connectivity index (χ2n) is 13.8. The highest BCUT2D eigenvalue weighted by atomic mass is 16.3. The van der Waals surface area contributed by atoms with Crippen LogP contribution in [-0.2, 0) is 0 Å². The van der Waals surface area contributed by atoms with Gasteiger partial charge in [0.1, 0.15) is 0 Å². The smallest absolute Gasteiger partial charge is 0.0433 e. The Balaban J connectivity index is 1.32. The highest BCUT2D eigenvalue weighted by Crippen LogP contribution is 2.47. The second kappa shape index (κ2) is 18.3. The van der Waals surface area contributed by atoms with E-state index in [-0.39, 0.29) is 0 Å². The van der Waals surface area contributed by atoms with E-state index in [9.17, 15) is 5.11 Å². The van der Waals surface area contributed by atoms with Crippen LogP contribution < -0.4 is 0 Å². The molecule has 0 spiro atoms. The molecule has 0 heterocycles. The molecule has 0 bridgehead atoms. The molecular weight excluding hydrogens is 436 g/mol. The summed E-state index contributed by atoms with van der Waals surface area (Å²) in [6, 6.07) is 0. The zero-order chi connectivity index (χ0) is 25.4. The predicted molar refractivity (Wildman–Crippen MR) is 158 cm³/mol. The van der Waals surface area contributed by atoms with E-state index in [2.05, 4.69) is 13.8 Å². The average molecular weight is 503 g/mol. The maximum Gasteiger partial charge on any atom is 0.0433 e. The van der Waals surface area contributed by atoms with E-state index in [1.807, 2.05) is 0 Å². The molecule has 0 aromatic rings. The first-order valence-electron chi connectivity index (χ1n) is 17.4. The van der Waals surface area contributed by atoms with Crippen LogP contribution in [0, 0.1) is 41.4 Å².